The van der Waals surface area contributed by atoms with Crippen molar-refractivity contribution in [3.05, 3.63) is 58.3 Å². The van der Waals surface area contributed by atoms with Gasteiger partial charge in [-0.2, -0.15) is 5.26 Å². The molecule has 0 aliphatic carbocycles. The summed E-state index contributed by atoms with van der Waals surface area (Å²) in [4.78, 5) is 15.0. The van der Waals surface area contributed by atoms with Gasteiger partial charge in [-0.25, -0.2) is 4.98 Å². The molecule has 0 bridgehead atoms. The lowest BCUT2D eigenvalue weighted by molar-refractivity contribution is -0.384. The summed E-state index contributed by atoms with van der Waals surface area (Å²) in [5.74, 6) is 0.286. The minimum Gasteiger partial charge on any atom is -0.363 e. The van der Waals surface area contributed by atoms with Gasteiger partial charge in [-0.3, -0.25) is 14.3 Å². The van der Waals surface area contributed by atoms with E-state index in [0.29, 0.717) is 4.90 Å². The smallest absolute Gasteiger partial charge is 0.328 e. The predicted molar refractivity (Wildman–Crippen MR) is 81.8 cm³/mol. The number of anilines is 1. The molecule has 112 valence electrons. The summed E-state index contributed by atoms with van der Waals surface area (Å²) in [5.41, 5.74) is -0.429. The van der Waals surface area contributed by atoms with E-state index in [2.05, 4.69) is 10.3 Å². The van der Waals surface area contributed by atoms with Crippen LogP contribution in [0.3, 0.4) is 0 Å². The highest BCUT2D eigenvalue weighted by molar-refractivity contribution is 7.85. The van der Waals surface area contributed by atoms with Crippen LogP contribution in [0.1, 0.15) is 5.56 Å². The van der Waals surface area contributed by atoms with Crippen molar-refractivity contribution in [2.24, 2.45) is 0 Å². The summed E-state index contributed by atoms with van der Waals surface area (Å²) in [5, 5.41) is 22.7. The van der Waals surface area contributed by atoms with E-state index in [1.165, 1.54) is 12.3 Å². The molecule has 0 aliphatic rings. The molecule has 1 heterocycles. The summed E-state index contributed by atoms with van der Waals surface area (Å²) >= 11 is 0. The molecule has 8 heteroatoms. The molecule has 0 radical (unpaired) electrons. The van der Waals surface area contributed by atoms with Gasteiger partial charge in [0.2, 0.25) is 5.82 Å². The minimum atomic E-state index is -1.21. The second-order valence-electron chi connectivity index (χ2n) is 4.21. The van der Waals surface area contributed by atoms with Crippen LogP contribution in [0.15, 0.2) is 47.5 Å². The average Bonchev–Trinajstić information content (AvgIpc) is 2.55. The second kappa shape index (κ2) is 7.28. The van der Waals surface area contributed by atoms with Crippen molar-refractivity contribution in [3.8, 4) is 6.07 Å². The van der Waals surface area contributed by atoms with E-state index >= 15 is 0 Å². The number of nitriles is 1. The van der Waals surface area contributed by atoms with E-state index in [4.69, 9.17) is 5.26 Å². The first-order valence-electron chi connectivity index (χ1n) is 6.34. The third-order valence-electron chi connectivity index (χ3n) is 2.81. The van der Waals surface area contributed by atoms with Gasteiger partial charge in [-0.1, -0.05) is 18.2 Å². The Kier molecular flexibility index (Phi) is 5.16. The quantitative estimate of drug-likeness (QED) is 0.645. The topological polar surface area (TPSA) is 109 Å². The van der Waals surface area contributed by atoms with Gasteiger partial charge in [0.1, 0.15) is 11.6 Å². The molecule has 0 aliphatic heterocycles. The average molecular weight is 316 g/mol. The van der Waals surface area contributed by atoms with E-state index in [1.54, 1.807) is 30.3 Å². The lowest BCUT2D eigenvalue weighted by Gasteiger charge is -2.07. The molecule has 0 amide bonds. The van der Waals surface area contributed by atoms with Gasteiger partial charge in [0.25, 0.3) is 0 Å². The first kappa shape index (κ1) is 15.6. The number of nitrogens with one attached hydrogen (secondary N) is 1. The number of pyridine rings is 1. The first-order valence-corrected chi connectivity index (χ1v) is 7.66. The van der Waals surface area contributed by atoms with Crippen molar-refractivity contribution in [2.45, 2.75) is 4.90 Å². The van der Waals surface area contributed by atoms with Crippen LogP contribution in [-0.2, 0) is 10.8 Å². The van der Waals surface area contributed by atoms with Crippen molar-refractivity contribution in [1.82, 2.24) is 4.98 Å². The van der Waals surface area contributed by atoms with Crippen molar-refractivity contribution < 1.29 is 9.13 Å². The fraction of sp³-hybridized carbons (Fsp3) is 0.143. The summed E-state index contributed by atoms with van der Waals surface area (Å²) in [6, 6.07) is 12.0. The largest absolute Gasteiger partial charge is 0.363 e. The third kappa shape index (κ3) is 3.65. The zero-order chi connectivity index (χ0) is 15.9. The van der Waals surface area contributed by atoms with Gasteiger partial charge in [0.05, 0.1) is 15.7 Å². The molecule has 1 unspecified atom stereocenters. The van der Waals surface area contributed by atoms with Crippen molar-refractivity contribution in [2.75, 3.05) is 17.6 Å². The summed E-state index contributed by atoms with van der Waals surface area (Å²) in [6.45, 7) is 0.240. The molecule has 1 N–H and O–H groups in total. The van der Waals surface area contributed by atoms with Crippen LogP contribution in [-0.4, -0.2) is 26.4 Å². The monoisotopic (exact) mass is 316 g/mol. The van der Waals surface area contributed by atoms with Gasteiger partial charge in [0, 0.05) is 23.4 Å². The number of nitrogens with zero attached hydrogens (tertiary/aromatic N) is 3. The first-order chi connectivity index (χ1) is 10.6. The van der Waals surface area contributed by atoms with Crippen molar-refractivity contribution in [1.29, 1.82) is 5.26 Å². The zero-order valence-corrected chi connectivity index (χ0v) is 12.2. The van der Waals surface area contributed by atoms with Crippen LogP contribution in [0, 0.1) is 21.4 Å². The number of aromatic nitrogens is 1. The summed E-state index contributed by atoms with van der Waals surface area (Å²) in [6.07, 6.45) is 1.32. The number of rotatable bonds is 6. The highest BCUT2D eigenvalue weighted by Crippen LogP contribution is 2.25. The standard InChI is InChI=1S/C14H12N4O3S/c15-10-11-6-7-16-14(13(11)18(19)20)17-8-9-22(21)12-4-2-1-3-5-12/h1-7H,8-9H2,(H,16,17). The molecule has 7 nitrogen and oxygen atoms in total. The highest BCUT2D eigenvalue weighted by Gasteiger charge is 2.20. The Morgan fingerprint density at radius 1 is 1.32 bits per heavy atom. The normalized spacial score (nSPS) is 11.4. The molecule has 1 aromatic heterocycles. The Balaban J connectivity index is 2.05. The van der Waals surface area contributed by atoms with Gasteiger partial charge >= 0.3 is 5.69 Å². The molecule has 1 aromatic carbocycles. The van der Waals surface area contributed by atoms with Crippen molar-refractivity contribution >= 4 is 22.3 Å². The van der Waals surface area contributed by atoms with E-state index in [9.17, 15) is 14.3 Å². The van der Waals surface area contributed by atoms with E-state index in [1.807, 2.05) is 6.07 Å². The van der Waals surface area contributed by atoms with E-state index in [-0.39, 0.29) is 29.4 Å². The lowest BCUT2D eigenvalue weighted by Crippen LogP contribution is -2.13. The Hall–Kier alpha value is -2.79. The van der Waals surface area contributed by atoms with Gasteiger partial charge in [-0.15, -0.1) is 0 Å². The number of hydrogen-bond donors (Lipinski definition) is 1. The molecule has 0 saturated carbocycles. The third-order valence-corrected chi connectivity index (χ3v) is 4.19. The maximum atomic E-state index is 12.0. The minimum absolute atomic E-state index is 0.00844. The Labute approximate surface area is 129 Å². The van der Waals surface area contributed by atoms with Crippen LogP contribution in [0.2, 0.25) is 0 Å². The lowest BCUT2D eigenvalue weighted by atomic mass is 10.2. The molecule has 2 aromatic rings. The predicted octanol–water partition coefficient (Wildman–Crippen LogP) is 2.08. The summed E-state index contributed by atoms with van der Waals surface area (Å²) in [7, 11) is -1.21. The fourth-order valence-corrected chi connectivity index (χ4v) is 2.79. The van der Waals surface area contributed by atoms with Crippen LogP contribution in [0.25, 0.3) is 0 Å². The molecule has 1 atom stereocenters. The molecule has 0 fully saturated rings. The number of nitro groups is 1. The molecule has 22 heavy (non-hydrogen) atoms. The maximum Gasteiger partial charge on any atom is 0.328 e. The van der Waals surface area contributed by atoms with Gasteiger partial charge in [0.15, 0.2) is 0 Å². The fourth-order valence-electron chi connectivity index (χ4n) is 1.81. The van der Waals surface area contributed by atoms with Crippen molar-refractivity contribution in [3.63, 3.8) is 0 Å². The van der Waals surface area contributed by atoms with Crippen LogP contribution in [0.4, 0.5) is 11.5 Å². The van der Waals surface area contributed by atoms with E-state index < -0.39 is 15.7 Å². The summed E-state index contributed by atoms with van der Waals surface area (Å²) < 4.78 is 12.0. The number of benzene rings is 1. The molecule has 2 rings (SSSR count). The molecular formula is C14H12N4O3S. The van der Waals surface area contributed by atoms with E-state index in [0.717, 1.165) is 0 Å². The Morgan fingerprint density at radius 2 is 2.05 bits per heavy atom. The van der Waals surface area contributed by atoms with Gasteiger partial charge < -0.3 is 5.32 Å². The second-order valence-corrected chi connectivity index (χ2v) is 5.78. The maximum absolute atomic E-state index is 12.0. The number of hydrogen-bond acceptors (Lipinski definition) is 6. The molecule has 0 saturated heterocycles. The Bertz CT molecular complexity index is 743. The Morgan fingerprint density at radius 3 is 2.68 bits per heavy atom. The highest BCUT2D eigenvalue weighted by atomic mass is 32.2. The SMILES string of the molecule is N#Cc1ccnc(NCCS(=O)c2ccccc2)c1[N+](=O)[O-]. The van der Waals surface area contributed by atoms with Gasteiger partial charge in [-0.05, 0) is 18.2 Å². The zero-order valence-electron chi connectivity index (χ0n) is 11.4. The van der Waals surface area contributed by atoms with Crippen LogP contribution >= 0.6 is 0 Å². The molecule has 0 spiro atoms. The molecular weight excluding hydrogens is 304 g/mol. The van der Waals surface area contributed by atoms with Crippen LogP contribution < -0.4 is 5.32 Å². The van der Waals surface area contributed by atoms with Crippen LogP contribution in [0.5, 0.6) is 0 Å².